The molecule has 1 rings (SSSR count). The predicted octanol–water partition coefficient (Wildman–Crippen LogP) is 2.45. The summed E-state index contributed by atoms with van der Waals surface area (Å²) in [5.74, 6) is 1.56. The second-order valence-corrected chi connectivity index (χ2v) is 8.06. The SMILES string of the molecule is CN=C(NCCCC(C)C)NCCCS(=O)(=O)c1ccccc1. The van der Waals surface area contributed by atoms with Crippen molar-refractivity contribution in [3.05, 3.63) is 30.3 Å². The molecule has 0 radical (unpaired) electrons. The molecule has 0 atom stereocenters. The second kappa shape index (κ2) is 10.3. The van der Waals surface area contributed by atoms with Gasteiger partial charge in [0, 0.05) is 20.1 Å². The summed E-state index contributed by atoms with van der Waals surface area (Å²) in [5, 5.41) is 6.40. The summed E-state index contributed by atoms with van der Waals surface area (Å²) < 4.78 is 24.3. The fourth-order valence-corrected chi connectivity index (χ4v) is 3.48. The third-order valence-corrected chi connectivity index (χ3v) is 5.28. The molecule has 0 spiro atoms. The Morgan fingerprint density at radius 3 is 2.26 bits per heavy atom. The molecule has 23 heavy (non-hydrogen) atoms. The molecule has 0 saturated carbocycles. The van der Waals surface area contributed by atoms with Gasteiger partial charge in [0.05, 0.1) is 10.6 Å². The van der Waals surface area contributed by atoms with Crippen molar-refractivity contribution < 1.29 is 8.42 Å². The van der Waals surface area contributed by atoms with Crippen LogP contribution in [0.5, 0.6) is 0 Å². The Balaban J connectivity index is 2.27. The Morgan fingerprint density at radius 2 is 1.70 bits per heavy atom. The molecule has 0 bridgehead atoms. The van der Waals surface area contributed by atoms with Crippen molar-refractivity contribution in [2.45, 2.75) is 38.0 Å². The number of nitrogens with one attached hydrogen (secondary N) is 2. The highest BCUT2D eigenvalue weighted by atomic mass is 32.2. The lowest BCUT2D eigenvalue weighted by atomic mass is 10.1. The van der Waals surface area contributed by atoms with Gasteiger partial charge in [-0.1, -0.05) is 32.0 Å². The average molecular weight is 340 g/mol. The summed E-state index contributed by atoms with van der Waals surface area (Å²) in [6.45, 7) is 5.87. The molecule has 0 amide bonds. The molecule has 2 N–H and O–H groups in total. The van der Waals surface area contributed by atoms with Crippen LogP contribution in [0.2, 0.25) is 0 Å². The average Bonchev–Trinajstić information content (AvgIpc) is 2.54. The number of benzene rings is 1. The largest absolute Gasteiger partial charge is 0.356 e. The highest BCUT2D eigenvalue weighted by Crippen LogP contribution is 2.10. The van der Waals surface area contributed by atoms with Gasteiger partial charge in [-0.15, -0.1) is 0 Å². The van der Waals surface area contributed by atoms with Gasteiger partial charge in [-0.2, -0.15) is 0 Å². The van der Waals surface area contributed by atoms with Crippen LogP contribution in [0.3, 0.4) is 0 Å². The van der Waals surface area contributed by atoms with E-state index in [0.717, 1.165) is 18.9 Å². The summed E-state index contributed by atoms with van der Waals surface area (Å²) in [5.41, 5.74) is 0. The van der Waals surface area contributed by atoms with Crippen LogP contribution in [0.1, 0.15) is 33.1 Å². The Bertz CT molecular complexity index is 569. The number of guanidine groups is 1. The number of sulfone groups is 1. The molecule has 0 fully saturated rings. The van der Waals surface area contributed by atoms with Crippen molar-refractivity contribution in [3.63, 3.8) is 0 Å². The van der Waals surface area contributed by atoms with Gasteiger partial charge >= 0.3 is 0 Å². The Morgan fingerprint density at radius 1 is 1.09 bits per heavy atom. The van der Waals surface area contributed by atoms with Crippen LogP contribution in [-0.2, 0) is 9.84 Å². The van der Waals surface area contributed by atoms with Crippen LogP contribution < -0.4 is 10.6 Å². The van der Waals surface area contributed by atoms with E-state index in [1.54, 1.807) is 31.3 Å². The van der Waals surface area contributed by atoms with Crippen molar-refractivity contribution in [1.82, 2.24) is 10.6 Å². The van der Waals surface area contributed by atoms with Crippen molar-refractivity contribution in [3.8, 4) is 0 Å². The summed E-state index contributed by atoms with van der Waals surface area (Å²) >= 11 is 0. The minimum Gasteiger partial charge on any atom is -0.356 e. The van der Waals surface area contributed by atoms with E-state index in [1.807, 2.05) is 6.07 Å². The van der Waals surface area contributed by atoms with E-state index in [9.17, 15) is 8.42 Å². The molecule has 0 saturated heterocycles. The monoisotopic (exact) mass is 339 g/mol. The van der Waals surface area contributed by atoms with E-state index in [1.165, 1.54) is 6.42 Å². The Hall–Kier alpha value is -1.56. The lowest BCUT2D eigenvalue weighted by Gasteiger charge is -2.12. The molecular weight excluding hydrogens is 310 g/mol. The highest BCUT2D eigenvalue weighted by molar-refractivity contribution is 7.91. The zero-order valence-corrected chi connectivity index (χ0v) is 15.2. The zero-order chi connectivity index (χ0) is 17.1. The van der Waals surface area contributed by atoms with Gasteiger partial charge in [0.2, 0.25) is 0 Å². The molecule has 0 aromatic heterocycles. The first-order chi connectivity index (χ1) is 11.0. The number of hydrogen-bond acceptors (Lipinski definition) is 3. The van der Waals surface area contributed by atoms with Crippen molar-refractivity contribution in [2.24, 2.45) is 10.9 Å². The van der Waals surface area contributed by atoms with Gasteiger partial charge in [-0.05, 0) is 37.3 Å². The Labute approximate surface area is 140 Å². The quantitative estimate of drug-likeness (QED) is 0.412. The predicted molar refractivity (Wildman–Crippen MR) is 96.5 cm³/mol. The lowest BCUT2D eigenvalue weighted by molar-refractivity contribution is 0.549. The number of nitrogens with zero attached hydrogens (tertiary/aromatic N) is 1. The van der Waals surface area contributed by atoms with E-state index >= 15 is 0 Å². The standard InChI is InChI=1S/C17H29N3O2S/c1-15(2)9-7-12-19-17(18-3)20-13-8-14-23(21,22)16-10-5-4-6-11-16/h4-6,10-11,15H,7-9,12-14H2,1-3H3,(H2,18,19,20). The van der Waals surface area contributed by atoms with Gasteiger partial charge in [0.25, 0.3) is 0 Å². The van der Waals surface area contributed by atoms with Gasteiger partial charge in [0.15, 0.2) is 15.8 Å². The zero-order valence-electron chi connectivity index (χ0n) is 14.4. The molecule has 0 aliphatic rings. The molecule has 130 valence electrons. The van der Waals surface area contributed by atoms with Gasteiger partial charge in [-0.3, -0.25) is 4.99 Å². The van der Waals surface area contributed by atoms with Crippen LogP contribution in [0.25, 0.3) is 0 Å². The van der Waals surface area contributed by atoms with Crippen LogP contribution >= 0.6 is 0 Å². The summed E-state index contributed by atoms with van der Waals surface area (Å²) in [6.07, 6.45) is 2.82. The van der Waals surface area contributed by atoms with Crippen LogP contribution in [0.4, 0.5) is 0 Å². The van der Waals surface area contributed by atoms with Crippen LogP contribution in [-0.4, -0.2) is 40.3 Å². The Kier molecular flexibility index (Phi) is 8.69. The summed E-state index contributed by atoms with van der Waals surface area (Å²) in [4.78, 5) is 4.53. The lowest BCUT2D eigenvalue weighted by Crippen LogP contribution is -2.38. The molecule has 1 aromatic carbocycles. The molecule has 0 aliphatic heterocycles. The smallest absolute Gasteiger partial charge is 0.190 e. The molecular formula is C17H29N3O2S. The fraction of sp³-hybridized carbons (Fsp3) is 0.588. The number of hydrogen-bond donors (Lipinski definition) is 2. The fourth-order valence-electron chi connectivity index (χ4n) is 2.15. The second-order valence-electron chi connectivity index (χ2n) is 5.95. The van der Waals surface area contributed by atoms with E-state index in [2.05, 4.69) is 29.5 Å². The number of aliphatic imine (C=N–C) groups is 1. The molecule has 0 unspecified atom stereocenters. The first-order valence-corrected chi connectivity index (χ1v) is 9.83. The van der Waals surface area contributed by atoms with Gasteiger partial charge < -0.3 is 10.6 Å². The third kappa shape index (κ3) is 8.02. The maximum Gasteiger partial charge on any atom is 0.190 e. The molecule has 6 heteroatoms. The van der Waals surface area contributed by atoms with Crippen molar-refractivity contribution >= 4 is 15.8 Å². The molecule has 0 aliphatic carbocycles. The summed E-state index contributed by atoms with van der Waals surface area (Å²) in [6, 6.07) is 8.58. The minimum absolute atomic E-state index is 0.133. The highest BCUT2D eigenvalue weighted by Gasteiger charge is 2.13. The van der Waals surface area contributed by atoms with Gasteiger partial charge in [-0.25, -0.2) is 8.42 Å². The first-order valence-electron chi connectivity index (χ1n) is 8.18. The molecule has 0 heterocycles. The first kappa shape index (κ1) is 19.5. The van der Waals surface area contributed by atoms with E-state index in [4.69, 9.17) is 0 Å². The van der Waals surface area contributed by atoms with E-state index < -0.39 is 9.84 Å². The van der Waals surface area contributed by atoms with Crippen LogP contribution in [0, 0.1) is 5.92 Å². The normalized spacial score (nSPS) is 12.4. The van der Waals surface area contributed by atoms with Crippen molar-refractivity contribution in [2.75, 3.05) is 25.9 Å². The molecule has 5 nitrogen and oxygen atoms in total. The van der Waals surface area contributed by atoms with Gasteiger partial charge in [0.1, 0.15) is 0 Å². The van der Waals surface area contributed by atoms with Crippen LogP contribution in [0.15, 0.2) is 40.2 Å². The molecule has 1 aromatic rings. The van der Waals surface area contributed by atoms with E-state index in [0.29, 0.717) is 23.8 Å². The topological polar surface area (TPSA) is 70.6 Å². The maximum atomic E-state index is 12.1. The minimum atomic E-state index is -3.20. The maximum absolute atomic E-state index is 12.1. The van der Waals surface area contributed by atoms with Crippen molar-refractivity contribution in [1.29, 1.82) is 0 Å². The number of rotatable bonds is 9. The summed E-state index contributed by atoms with van der Waals surface area (Å²) in [7, 11) is -1.47. The van der Waals surface area contributed by atoms with E-state index in [-0.39, 0.29) is 5.75 Å². The third-order valence-electron chi connectivity index (χ3n) is 3.46.